The van der Waals surface area contributed by atoms with Crippen LogP contribution in [0.5, 0.6) is 17.2 Å². The van der Waals surface area contributed by atoms with E-state index in [0.717, 1.165) is 6.07 Å². The van der Waals surface area contributed by atoms with Gasteiger partial charge in [0.2, 0.25) is 5.75 Å². The highest BCUT2D eigenvalue weighted by molar-refractivity contribution is 7.89. The Kier molecular flexibility index (Phi) is 8.38. The third-order valence-corrected chi connectivity index (χ3v) is 5.40. The van der Waals surface area contributed by atoms with Gasteiger partial charge >= 0.3 is 0 Å². The molecule has 2 aromatic carbocycles. The second-order valence-corrected chi connectivity index (χ2v) is 8.05. The minimum Gasteiger partial charge on any atom is -0.490 e. The number of nitro groups is 1. The van der Waals surface area contributed by atoms with E-state index >= 15 is 0 Å². The number of aryl methyl sites for hydroxylation is 1. The predicted molar refractivity (Wildman–Crippen MR) is 116 cm³/mol. The summed E-state index contributed by atoms with van der Waals surface area (Å²) in [6.07, 6.45) is 0. The Labute approximate surface area is 185 Å². The first-order chi connectivity index (χ1) is 15.1. The lowest BCUT2D eigenvalue weighted by atomic mass is 10.1. The Morgan fingerprint density at radius 1 is 1.00 bits per heavy atom. The van der Waals surface area contributed by atoms with Crippen molar-refractivity contribution in [1.82, 2.24) is 10.3 Å². The number of hydrogen-bond acceptors (Lipinski definition) is 8. The summed E-state index contributed by atoms with van der Waals surface area (Å²) in [5.74, 6) is 0.0744. The van der Waals surface area contributed by atoms with Crippen LogP contribution < -0.4 is 24.5 Å². The van der Waals surface area contributed by atoms with Crippen LogP contribution in [0.3, 0.4) is 0 Å². The third kappa shape index (κ3) is 5.86. The van der Waals surface area contributed by atoms with Crippen LogP contribution in [0, 0.1) is 17.0 Å². The number of nitrogens with zero attached hydrogens (tertiary/aromatic N) is 1. The van der Waals surface area contributed by atoms with E-state index < -0.39 is 20.9 Å². The first-order valence-electron chi connectivity index (χ1n) is 9.78. The molecule has 32 heavy (non-hydrogen) atoms. The molecule has 0 heterocycles. The molecule has 0 aliphatic rings. The predicted octanol–water partition coefficient (Wildman–Crippen LogP) is 2.72. The van der Waals surface area contributed by atoms with E-state index in [0.29, 0.717) is 31.1 Å². The van der Waals surface area contributed by atoms with Gasteiger partial charge in [0.15, 0.2) is 11.5 Å². The second kappa shape index (κ2) is 10.8. The average molecular weight is 468 g/mol. The Bertz CT molecular complexity index is 1080. The molecule has 0 aromatic heterocycles. The number of amides is 1. The molecule has 0 bridgehead atoms. The van der Waals surface area contributed by atoms with Crippen molar-refractivity contribution in [2.24, 2.45) is 0 Å². The first-order valence-corrected chi connectivity index (χ1v) is 11.3. The van der Waals surface area contributed by atoms with Gasteiger partial charge in [-0.2, -0.15) is 0 Å². The average Bonchev–Trinajstić information content (AvgIpc) is 2.74. The number of carbonyl (C=O) groups is 1. The zero-order chi connectivity index (χ0) is 23.9. The molecule has 0 aliphatic heterocycles. The summed E-state index contributed by atoms with van der Waals surface area (Å²) in [6.45, 7) is 7.74. The number of nitrogens with one attached hydrogen (secondary N) is 2. The molecule has 2 aromatic rings. The number of sulfonamides is 1. The van der Waals surface area contributed by atoms with Gasteiger partial charge in [0.05, 0.1) is 29.6 Å². The van der Waals surface area contributed by atoms with Gasteiger partial charge in [0, 0.05) is 17.2 Å². The SMILES string of the molecule is CCOc1cc(C(=O)NNS(=O)(=O)c2ccc(C)c([N+](=O)[O-])c2)cc(OCC)c1OCC. The summed E-state index contributed by atoms with van der Waals surface area (Å²) in [5.41, 5.74) is 2.10. The standard InChI is InChI=1S/C20H25N3O8S/c1-5-29-17-10-14(11-18(30-6-2)19(17)31-7-3)20(24)21-22-32(27,28)15-9-8-13(4)16(12-15)23(25)26/h8-12,22H,5-7H2,1-4H3,(H,21,24). The minimum absolute atomic E-state index is 0.0536. The number of nitro benzene ring substituents is 1. The largest absolute Gasteiger partial charge is 0.490 e. The van der Waals surface area contributed by atoms with Crippen molar-refractivity contribution in [3.8, 4) is 17.2 Å². The maximum atomic E-state index is 12.6. The Morgan fingerprint density at radius 2 is 1.56 bits per heavy atom. The molecule has 0 unspecified atom stereocenters. The number of ether oxygens (including phenoxy) is 3. The van der Waals surface area contributed by atoms with E-state index in [2.05, 4.69) is 5.43 Å². The maximum absolute atomic E-state index is 12.6. The number of hydrazine groups is 1. The normalized spacial score (nSPS) is 11.0. The highest BCUT2D eigenvalue weighted by Gasteiger charge is 2.22. The monoisotopic (exact) mass is 467 g/mol. The molecule has 12 heteroatoms. The van der Waals surface area contributed by atoms with Gasteiger partial charge < -0.3 is 14.2 Å². The van der Waals surface area contributed by atoms with Gasteiger partial charge in [0.25, 0.3) is 21.6 Å². The number of benzene rings is 2. The lowest BCUT2D eigenvalue weighted by Crippen LogP contribution is -2.41. The molecule has 2 N–H and O–H groups in total. The van der Waals surface area contributed by atoms with Crippen LogP contribution in [0.15, 0.2) is 35.2 Å². The zero-order valence-electron chi connectivity index (χ0n) is 18.1. The number of carbonyl (C=O) groups excluding carboxylic acids is 1. The maximum Gasteiger partial charge on any atom is 0.273 e. The molecule has 0 radical (unpaired) electrons. The number of hydrogen-bond donors (Lipinski definition) is 2. The van der Waals surface area contributed by atoms with Crippen molar-refractivity contribution >= 4 is 21.6 Å². The van der Waals surface area contributed by atoms with Crippen LogP contribution in [-0.4, -0.2) is 39.1 Å². The van der Waals surface area contributed by atoms with E-state index in [4.69, 9.17) is 14.2 Å². The van der Waals surface area contributed by atoms with Crippen molar-refractivity contribution in [2.75, 3.05) is 19.8 Å². The van der Waals surface area contributed by atoms with Crippen LogP contribution in [0.2, 0.25) is 0 Å². The second-order valence-electron chi connectivity index (χ2n) is 6.37. The lowest BCUT2D eigenvalue weighted by Gasteiger charge is -2.17. The van der Waals surface area contributed by atoms with E-state index in [1.54, 1.807) is 20.8 Å². The van der Waals surface area contributed by atoms with E-state index in [1.165, 1.54) is 31.2 Å². The van der Waals surface area contributed by atoms with Crippen LogP contribution >= 0.6 is 0 Å². The van der Waals surface area contributed by atoms with Crippen molar-refractivity contribution in [3.63, 3.8) is 0 Å². The van der Waals surface area contributed by atoms with Gasteiger partial charge in [-0.15, -0.1) is 4.83 Å². The highest BCUT2D eigenvalue weighted by atomic mass is 32.2. The Morgan fingerprint density at radius 3 is 2.06 bits per heavy atom. The summed E-state index contributed by atoms with van der Waals surface area (Å²) >= 11 is 0. The van der Waals surface area contributed by atoms with E-state index in [-0.39, 0.29) is 27.6 Å². The first kappa shape index (κ1) is 24.9. The molecule has 174 valence electrons. The Balaban J connectivity index is 2.30. The van der Waals surface area contributed by atoms with Crippen LogP contribution in [0.25, 0.3) is 0 Å². The van der Waals surface area contributed by atoms with Gasteiger partial charge in [-0.1, -0.05) is 6.07 Å². The molecule has 1 amide bonds. The fourth-order valence-electron chi connectivity index (χ4n) is 2.72. The summed E-state index contributed by atoms with van der Waals surface area (Å²) in [6, 6.07) is 6.23. The molecule has 0 saturated heterocycles. The van der Waals surface area contributed by atoms with Crippen molar-refractivity contribution in [1.29, 1.82) is 0 Å². The van der Waals surface area contributed by atoms with Crippen molar-refractivity contribution in [2.45, 2.75) is 32.6 Å². The van der Waals surface area contributed by atoms with Gasteiger partial charge in [-0.25, -0.2) is 8.42 Å². The summed E-state index contributed by atoms with van der Waals surface area (Å²) < 4.78 is 41.7. The number of rotatable bonds is 11. The molecule has 0 spiro atoms. The van der Waals surface area contributed by atoms with Crippen LogP contribution in [0.4, 0.5) is 5.69 Å². The van der Waals surface area contributed by atoms with Crippen LogP contribution in [-0.2, 0) is 10.0 Å². The van der Waals surface area contributed by atoms with Gasteiger partial charge in [-0.3, -0.25) is 20.3 Å². The zero-order valence-corrected chi connectivity index (χ0v) is 18.9. The highest BCUT2D eigenvalue weighted by Crippen LogP contribution is 2.39. The summed E-state index contributed by atoms with van der Waals surface area (Å²) in [7, 11) is -4.27. The van der Waals surface area contributed by atoms with Gasteiger partial charge in [0.1, 0.15) is 0 Å². The van der Waals surface area contributed by atoms with Crippen molar-refractivity contribution in [3.05, 3.63) is 51.6 Å². The lowest BCUT2D eigenvalue weighted by molar-refractivity contribution is -0.385. The molecule has 11 nitrogen and oxygen atoms in total. The minimum atomic E-state index is -4.27. The molecule has 0 fully saturated rings. The fraction of sp³-hybridized carbons (Fsp3) is 0.350. The summed E-state index contributed by atoms with van der Waals surface area (Å²) in [4.78, 5) is 24.6. The van der Waals surface area contributed by atoms with E-state index in [1.807, 2.05) is 4.83 Å². The molecule has 2 rings (SSSR count). The topological polar surface area (TPSA) is 146 Å². The molecular formula is C20H25N3O8S. The molecule has 0 saturated carbocycles. The fourth-order valence-corrected chi connectivity index (χ4v) is 3.58. The molecule has 0 aliphatic carbocycles. The van der Waals surface area contributed by atoms with Crippen LogP contribution in [0.1, 0.15) is 36.7 Å². The Hall–Kier alpha value is -3.38. The smallest absolute Gasteiger partial charge is 0.273 e. The molecular weight excluding hydrogens is 442 g/mol. The molecule has 0 atom stereocenters. The van der Waals surface area contributed by atoms with Gasteiger partial charge in [-0.05, 0) is 45.9 Å². The summed E-state index contributed by atoms with van der Waals surface area (Å²) in [5, 5.41) is 11.1. The van der Waals surface area contributed by atoms with E-state index in [9.17, 15) is 23.3 Å². The van der Waals surface area contributed by atoms with Crippen molar-refractivity contribution < 1.29 is 32.3 Å². The quantitative estimate of drug-likeness (QED) is 0.379. The third-order valence-electron chi connectivity index (χ3n) is 4.16.